The number of hydrogen-bond acceptors (Lipinski definition) is 6. The molecule has 0 bridgehead atoms. The van der Waals surface area contributed by atoms with Crippen LogP contribution in [0.15, 0.2) is 4.42 Å². The van der Waals surface area contributed by atoms with Gasteiger partial charge in [0.05, 0.1) is 6.54 Å². The van der Waals surface area contributed by atoms with Gasteiger partial charge in [-0.25, -0.2) is 0 Å². The van der Waals surface area contributed by atoms with Crippen molar-refractivity contribution in [3.8, 4) is 0 Å². The molecule has 2 heterocycles. The summed E-state index contributed by atoms with van der Waals surface area (Å²) in [5, 5.41) is 8.00. The number of nitrogens with zero attached hydrogens (tertiary/aromatic N) is 4. The highest BCUT2D eigenvalue weighted by Crippen LogP contribution is 2.22. The minimum atomic E-state index is 0.310. The summed E-state index contributed by atoms with van der Waals surface area (Å²) in [6, 6.07) is 1.32. The number of rotatable bonds is 7. The summed E-state index contributed by atoms with van der Waals surface area (Å²) < 4.78 is 5.53. The molecule has 1 aliphatic heterocycles. The molecule has 1 aromatic heterocycles. The Morgan fingerprint density at radius 1 is 1.20 bits per heavy atom. The van der Waals surface area contributed by atoms with Crippen LogP contribution in [0.4, 0.5) is 6.01 Å². The van der Waals surface area contributed by atoms with Gasteiger partial charge >= 0.3 is 6.01 Å². The first-order valence-electron chi connectivity index (χ1n) is 7.79. The van der Waals surface area contributed by atoms with E-state index in [1.54, 1.807) is 0 Å². The lowest BCUT2D eigenvalue weighted by Crippen LogP contribution is -2.45. The van der Waals surface area contributed by atoms with Gasteiger partial charge in [-0.15, -0.1) is 5.10 Å². The molecule has 0 unspecified atom stereocenters. The second-order valence-corrected chi connectivity index (χ2v) is 5.44. The fraction of sp³-hybridized carbons (Fsp3) is 0.857. The Bertz CT molecular complexity index is 381. The molecule has 0 amide bonds. The van der Waals surface area contributed by atoms with E-state index in [2.05, 4.69) is 33.8 Å². The minimum Gasteiger partial charge on any atom is -0.407 e. The summed E-state index contributed by atoms with van der Waals surface area (Å²) in [5.74, 6) is 0.515. The number of piperidine rings is 1. The molecular formula is C14H27N5O. The van der Waals surface area contributed by atoms with Crippen molar-refractivity contribution in [3.63, 3.8) is 0 Å². The molecule has 2 rings (SSSR count). The van der Waals surface area contributed by atoms with Gasteiger partial charge in [0.1, 0.15) is 0 Å². The number of nitrogens with two attached hydrogens (primary N) is 1. The third kappa shape index (κ3) is 3.70. The molecule has 1 fully saturated rings. The fourth-order valence-electron chi connectivity index (χ4n) is 2.93. The molecule has 0 aromatic carbocycles. The normalized spacial score (nSPS) is 17.1. The van der Waals surface area contributed by atoms with Gasteiger partial charge < -0.3 is 20.0 Å². The average molecular weight is 281 g/mol. The Morgan fingerprint density at radius 3 is 2.35 bits per heavy atom. The number of aromatic nitrogens is 2. The lowest BCUT2D eigenvalue weighted by atomic mass is 10.0. The topological polar surface area (TPSA) is 71.4 Å². The molecule has 114 valence electrons. The Morgan fingerprint density at radius 2 is 1.85 bits per heavy atom. The zero-order chi connectivity index (χ0) is 14.4. The molecule has 1 aromatic rings. The van der Waals surface area contributed by atoms with Gasteiger partial charge in [0.15, 0.2) is 0 Å². The molecule has 6 heteroatoms. The zero-order valence-corrected chi connectivity index (χ0v) is 12.7. The third-order valence-electron chi connectivity index (χ3n) is 3.90. The van der Waals surface area contributed by atoms with E-state index >= 15 is 0 Å². The van der Waals surface area contributed by atoms with E-state index in [4.69, 9.17) is 10.2 Å². The largest absolute Gasteiger partial charge is 0.407 e. The standard InChI is InChI=1S/C14H27N5O/c1-3-7-18(8-4-2)12-5-9-19(10-6-12)14-17-16-13(11-15)20-14/h12H,3-11,15H2,1-2H3. The average Bonchev–Trinajstić information content (AvgIpc) is 2.96. The van der Waals surface area contributed by atoms with Crippen LogP contribution in [0.25, 0.3) is 0 Å². The van der Waals surface area contributed by atoms with E-state index in [9.17, 15) is 0 Å². The summed E-state index contributed by atoms with van der Waals surface area (Å²) in [4.78, 5) is 4.81. The highest BCUT2D eigenvalue weighted by molar-refractivity contribution is 5.25. The van der Waals surface area contributed by atoms with Crippen LogP contribution in [0.2, 0.25) is 0 Å². The van der Waals surface area contributed by atoms with Gasteiger partial charge in [-0.3, -0.25) is 0 Å². The van der Waals surface area contributed by atoms with Gasteiger partial charge in [0.25, 0.3) is 0 Å². The molecule has 1 aliphatic rings. The van der Waals surface area contributed by atoms with E-state index in [-0.39, 0.29) is 0 Å². The summed E-state index contributed by atoms with van der Waals surface area (Å²) in [6.07, 6.45) is 4.79. The van der Waals surface area contributed by atoms with Crippen molar-refractivity contribution >= 4 is 6.01 Å². The second kappa shape index (κ2) is 7.59. The Labute approximate surface area is 121 Å². The van der Waals surface area contributed by atoms with Crippen molar-refractivity contribution in [3.05, 3.63) is 5.89 Å². The Balaban J connectivity index is 1.87. The van der Waals surface area contributed by atoms with Gasteiger partial charge in [-0.2, -0.15) is 0 Å². The van der Waals surface area contributed by atoms with Crippen LogP contribution in [-0.4, -0.2) is 47.3 Å². The van der Waals surface area contributed by atoms with Gasteiger partial charge in [-0.1, -0.05) is 18.9 Å². The van der Waals surface area contributed by atoms with Crippen LogP contribution in [0, 0.1) is 0 Å². The van der Waals surface area contributed by atoms with E-state index in [1.165, 1.54) is 38.8 Å². The van der Waals surface area contributed by atoms with Crippen molar-refractivity contribution in [1.82, 2.24) is 15.1 Å². The highest BCUT2D eigenvalue weighted by atomic mass is 16.4. The predicted molar refractivity (Wildman–Crippen MR) is 79.6 cm³/mol. The molecule has 0 spiro atoms. The summed E-state index contributed by atoms with van der Waals surface area (Å²) in [6.45, 7) is 9.20. The van der Waals surface area contributed by atoms with E-state index in [0.717, 1.165) is 13.1 Å². The van der Waals surface area contributed by atoms with Gasteiger partial charge in [-0.05, 0) is 38.8 Å². The lowest BCUT2D eigenvalue weighted by Gasteiger charge is -2.37. The first-order chi connectivity index (χ1) is 9.78. The maximum absolute atomic E-state index is 5.53. The first-order valence-corrected chi connectivity index (χ1v) is 7.79. The molecule has 6 nitrogen and oxygen atoms in total. The summed E-state index contributed by atoms with van der Waals surface area (Å²) in [5.41, 5.74) is 5.50. The predicted octanol–water partition coefficient (Wildman–Crippen LogP) is 1.62. The quantitative estimate of drug-likeness (QED) is 0.819. The summed E-state index contributed by atoms with van der Waals surface area (Å²) in [7, 11) is 0. The van der Waals surface area contributed by atoms with Crippen molar-refractivity contribution < 1.29 is 4.42 Å². The van der Waals surface area contributed by atoms with E-state index < -0.39 is 0 Å². The van der Waals surface area contributed by atoms with E-state index in [1.807, 2.05) is 0 Å². The lowest BCUT2D eigenvalue weighted by molar-refractivity contribution is 0.167. The van der Waals surface area contributed by atoms with Crippen molar-refractivity contribution in [2.75, 3.05) is 31.1 Å². The monoisotopic (exact) mass is 281 g/mol. The minimum absolute atomic E-state index is 0.310. The van der Waals surface area contributed by atoms with Gasteiger partial charge in [0.2, 0.25) is 5.89 Å². The number of hydrogen-bond donors (Lipinski definition) is 1. The first kappa shape index (κ1) is 15.3. The molecule has 0 radical (unpaired) electrons. The molecule has 0 saturated carbocycles. The van der Waals surface area contributed by atoms with Crippen molar-refractivity contribution in [2.45, 2.75) is 52.1 Å². The maximum atomic E-state index is 5.53. The van der Waals surface area contributed by atoms with Crippen LogP contribution < -0.4 is 10.6 Å². The number of anilines is 1. The molecular weight excluding hydrogens is 254 g/mol. The highest BCUT2D eigenvalue weighted by Gasteiger charge is 2.26. The van der Waals surface area contributed by atoms with Crippen LogP contribution in [-0.2, 0) is 6.54 Å². The second-order valence-electron chi connectivity index (χ2n) is 5.44. The van der Waals surface area contributed by atoms with Crippen molar-refractivity contribution in [2.24, 2.45) is 5.73 Å². The molecule has 1 saturated heterocycles. The Hall–Kier alpha value is -1.14. The SMILES string of the molecule is CCCN(CCC)C1CCN(c2nnc(CN)o2)CC1. The van der Waals surface area contributed by atoms with Gasteiger partial charge in [0, 0.05) is 19.1 Å². The smallest absolute Gasteiger partial charge is 0.318 e. The van der Waals surface area contributed by atoms with E-state index in [0.29, 0.717) is 24.5 Å². The van der Waals surface area contributed by atoms with Crippen LogP contribution in [0.3, 0.4) is 0 Å². The zero-order valence-electron chi connectivity index (χ0n) is 12.7. The summed E-state index contributed by atoms with van der Waals surface area (Å²) >= 11 is 0. The third-order valence-corrected chi connectivity index (χ3v) is 3.90. The fourth-order valence-corrected chi connectivity index (χ4v) is 2.93. The molecule has 2 N–H and O–H groups in total. The van der Waals surface area contributed by atoms with Crippen LogP contribution >= 0.6 is 0 Å². The maximum Gasteiger partial charge on any atom is 0.318 e. The van der Waals surface area contributed by atoms with Crippen molar-refractivity contribution in [1.29, 1.82) is 0 Å². The van der Waals surface area contributed by atoms with Crippen LogP contribution in [0.1, 0.15) is 45.4 Å². The van der Waals surface area contributed by atoms with Crippen LogP contribution in [0.5, 0.6) is 0 Å². The molecule has 20 heavy (non-hydrogen) atoms. The molecule has 0 aliphatic carbocycles. The molecule has 0 atom stereocenters. The Kier molecular flexibility index (Phi) is 5.79.